The molecule has 1 aromatic carbocycles. The van der Waals surface area contributed by atoms with Crippen LogP contribution in [0.4, 0.5) is 4.39 Å². The van der Waals surface area contributed by atoms with Crippen LogP contribution in [0.15, 0.2) is 18.2 Å². The van der Waals surface area contributed by atoms with Crippen LogP contribution in [-0.4, -0.2) is 41.8 Å². The summed E-state index contributed by atoms with van der Waals surface area (Å²) in [5, 5.41) is 9.28. The van der Waals surface area contributed by atoms with Gasteiger partial charge in [0.25, 0.3) is 0 Å². The Balaban J connectivity index is 2.12. The monoisotopic (exact) mass is 301 g/mol. The summed E-state index contributed by atoms with van der Waals surface area (Å²) in [5.41, 5.74) is 0.856. The molecule has 1 heterocycles. The second-order valence-electron chi connectivity index (χ2n) is 4.86. The summed E-state index contributed by atoms with van der Waals surface area (Å²) in [6.07, 6.45) is 0. The van der Waals surface area contributed by atoms with Crippen molar-refractivity contribution in [3.63, 3.8) is 0 Å². The number of nitrogens with zero attached hydrogens (tertiary/aromatic N) is 1. The minimum atomic E-state index is -0.844. The lowest BCUT2D eigenvalue weighted by Gasteiger charge is -2.29. The third-order valence-electron chi connectivity index (χ3n) is 3.61. The average molecular weight is 302 g/mol. The molecule has 2 atom stereocenters. The standard InChI is InChI=1S/C14H17ClFNO3/c1-2-17(13-8-20-7-10(13)14(18)19)6-9-3-4-12(16)11(15)5-9/h3-5,10,13H,2,6-8H2,1H3,(H,18,19). The molecule has 0 spiro atoms. The Morgan fingerprint density at radius 3 is 2.90 bits per heavy atom. The summed E-state index contributed by atoms with van der Waals surface area (Å²) < 4.78 is 18.4. The molecule has 2 unspecified atom stereocenters. The van der Waals surface area contributed by atoms with Gasteiger partial charge in [-0.25, -0.2) is 4.39 Å². The van der Waals surface area contributed by atoms with Crippen molar-refractivity contribution in [2.45, 2.75) is 19.5 Å². The van der Waals surface area contributed by atoms with E-state index in [1.165, 1.54) is 6.07 Å². The van der Waals surface area contributed by atoms with Gasteiger partial charge in [-0.05, 0) is 24.2 Å². The van der Waals surface area contributed by atoms with E-state index in [1.807, 2.05) is 11.8 Å². The van der Waals surface area contributed by atoms with Crippen molar-refractivity contribution in [2.24, 2.45) is 5.92 Å². The van der Waals surface area contributed by atoms with Gasteiger partial charge in [0, 0.05) is 12.6 Å². The maximum absolute atomic E-state index is 13.1. The first-order chi connectivity index (χ1) is 9.52. The van der Waals surface area contributed by atoms with Gasteiger partial charge in [-0.15, -0.1) is 0 Å². The predicted molar refractivity (Wildman–Crippen MR) is 73.2 cm³/mol. The lowest BCUT2D eigenvalue weighted by atomic mass is 10.0. The molecule has 0 saturated carbocycles. The molecule has 1 aliphatic heterocycles. The maximum Gasteiger partial charge on any atom is 0.310 e. The molecule has 2 rings (SSSR count). The number of rotatable bonds is 5. The number of benzene rings is 1. The van der Waals surface area contributed by atoms with Gasteiger partial charge >= 0.3 is 5.97 Å². The van der Waals surface area contributed by atoms with Gasteiger partial charge in [0.2, 0.25) is 0 Å². The molecule has 4 nitrogen and oxygen atoms in total. The molecule has 20 heavy (non-hydrogen) atoms. The van der Waals surface area contributed by atoms with Crippen LogP contribution in [0.5, 0.6) is 0 Å². The number of carboxylic acids is 1. The van der Waals surface area contributed by atoms with E-state index in [2.05, 4.69) is 0 Å². The molecule has 0 aliphatic carbocycles. The fourth-order valence-electron chi connectivity index (χ4n) is 2.47. The molecular weight excluding hydrogens is 285 g/mol. The Kier molecular flexibility index (Phi) is 4.96. The number of likely N-dealkylation sites (N-methyl/N-ethyl adjacent to an activating group) is 1. The van der Waals surface area contributed by atoms with E-state index in [-0.39, 0.29) is 17.7 Å². The highest BCUT2D eigenvalue weighted by atomic mass is 35.5. The van der Waals surface area contributed by atoms with Crippen LogP contribution in [0.1, 0.15) is 12.5 Å². The Labute approximate surface area is 122 Å². The second-order valence-corrected chi connectivity index (χ2v) is 5.27. The van der Waals surface area contributed by atoms with E-state index < -0.39 is 17.7 Å². The Morgan fingerprint density at radius 2 is 2.30 bits per heavy atom. The molecule has 1 aromatic rings. The van der Waals surface area contributed by atoms with Gasteiger partial charge in [-0.1, -0.05) is 24.6 Å². The summed E-state index contributed by atoms with van der Waals surface area (Å²) in [7, 11) is 0. The third kappa shape index (κ3) is 3.29. The number of aliphatic carboxylic acids is 1. The largest absolute Gasteiger partial charge is 0.481 e. The molecule has 1 N–H and O–H groups in total. The van der Waals surface area contributed by atoms with Crippen LogP contribution >= 0.6 is 11.6 Å². The van der Waals surface area contributed by atoms with E-state index in [1.54, 1.807) is 12.1 Å². The molecule has 0 aromatic heterocycles. The van der Waals surface area contributed by atoms with Crippen molar-refractivity contribution in [3.8, 4) is 0 Å². The van der Waals surface area contributed by atoms with Crippen molar-refractivity contribution >= 4 is 17.6 Å². The van der Waals surface area contributed by atoms with E-state index in [9.17, 15) is 14.3 Å². The van der Waals surface area contributed by atoms with E-state index in [4.69, 9.17) is 16.3 Å². The van der Waals surface area contributed by atoms with Crippen molar-refractivity contribution < 1.29 is 19.0 Å². The highest BCUT2D eigenvalue weighted by Crippen LogP contribution is 2.23. The maximum atomic E-state index is 13.1. The van der Waals surface area contributed by atoms with Crippen LogP contribution in [-0.2, 0) is 16.1 Å². The fourth-order valence-corrected chi connectivity index (χ4v) is 2.68. The van der Waals surface area contributed by atoms with Gasteiger partial charge in [0.1, 0.15) is 5.82 Å². The molecule has 1 fully saturated rings. The lowest BCUT2D eigenvalue weighted by Crippen LogP contribution is -2.42. The molecule has 0 bridgehead atoms. The summed E-state index contributed by atoms with van der Waals surface area (Å²) >= 11 is 5.77. The van der Waals surface area contributed by atoms with Gasteiger partial charge in [0.05, 0.1) is 24.2 Å². The van der Waals surface area contributed by atoms with Crippen molar-refractivity contribution in [3.05, 3.63) is 34.6 Å². The SMILES string of the molecule is CCN(Cc1ccc(F)c(Cl)c1)C1COCC1C(=O)O. The fraction of sp³-hybridized carbons (Fsp3) is 0.500. The van der Waals surface area contributed by atoms with Crippen LogP contribution in [0, 0.1) is 11.7 Å². The zero-order valence-electron chi connectivity index (χ0n) is 11.2. The molecule has 0 amide bonds. The average Bonchev–Trinajstić information content (AvgIpc) is 2.89. The van der Waals surface area contributed by atoms with Crippen molar-refractivity contribution in [1.82, 2.24) is 4.90 Å². The first-order valence-corrected chi connectivity index (χ1v) is 6.89. The lowest BCUT2D eigenvalue weighted by molar-refractivity contribution is -0.143. The molecule has 110 valence electrons. The highest BCUT2D eigenvalue weighted by molar-refractivity contribution is 6.30. The molecule has 1 saturated heterocycles. The minimum Gasteiger partial charge on any atom is -0.481 e. The summed E-state index contributed by atoms with van der Waals surface area (Å²) in [6.45, 7) is 3.81. The number of carboxylic acid groups (broad SMARTS) is 1. The smallest absolute Gasteiger partial charge is 0.310 e. The van der Waals surface area contributed by atoms with Crippen LogP contribution in [0.25, 0.3) is 0 Å². The van der Waals surface area contributed by atoms with Crippen LogP contribution in [0.2, 0.25) is 5.02 Å². The molecule has 6 heteroatoms. The zero-order valence-corrected chi connectivity index (χ0v) is 11.9. The van der Waals surface area contributed by atoms with Gasteiger partial charge < -0.3 is 9.84 Å². The number of hydrogen-bond acceptors (Lipinski definition) is 3. The van der Waals surface area contributed by atoms with E-state index >= 15 is 0 Å². The van der Waals surface area contributed by atoms with E-state index in [0.717, 1.165) is 5.56 Å². The summed E-state index contributed by atoms with van der Waals surface area (Å²) in [4.78, 5) is 13.2. The van der Waals surface area contributed by atoms with Gasteiger partial charge in [-0.2, -0.15) is 0 Å². The Hall–Kier alpha value is -1.17. The number of carbonyl (C=O) groups is 1. The van der Waals surface area contributed by atoms with Gasteiger partial charge in [0.15, 0.2) is 0 Å². The second kappa shape index (κ2) is 6.52. The summed E-state index contributed by atoms with van der Waals surface area (Å²) in [6, 6.07) is 4.40. The van der Waals surface area contributed by atoms with Crippen molar-refractivity contribution in [1.29, 1.82) is 0 Å². The third-order valence-corrected chi connectivity index (χ3v) is 3.90. The van der Waals surface area contributed by atoms with Gasteiger partial charge in [-0.3, -0.25) is 9.69 Å². The topological polar surface area (TPSA) is 49.8 Å². The number of hydrogen-bond donors (Lipinski definition) is 1. The normalized spacial score (nSPS) is 22.4. The highest BCUT2D eigenvalue weighted by Gasteiger charge is 2.37. The van der Waals surface area contributed by atoms with Crippen LogP contribution < -0.4 is 0 Å². The Morgan fingerprint density at radius 1 is 1.55 bits per heavy atom. The number of ether oxygens (including phenoxy) is 1. The molecule has 1 aliphatic rings. The van der Waals surface area contributed by atoms with Crippen LogP contribution in [0.3, 0.4) is 0 Å². The van der Waals surface area contributed by atoms with E-state index in [0.29, 0.717) is 19.7 Å². The predicted octanol–water partition coefficient (Wildman–Crippen LogP) is 2.40. The minimum absolute atomic E-state index is 0.0796. The number of halogens is 2. The first-order valence-electron chi connectivity index (χ1n) is 6.51. The molecule has 0 radical (unpaired) electrons. The zero-order chi connectivity index (χ0) is 14.7. The Bertz CT molecular complexity index is 497. The quantitative estimate of drug-likeness (QED) is 0.907. The first kappa shape index (κ1) is 15.2. The summed E-state index contributed by atoms with van der Waals surface area (Å²) in [5.74, 6) is -1.82. The molecular formula is C14H17ClFNO3. The van der Waals surface area contributed by atoms with Crippen molar-refractivity contribution in [2.75, 3.05) is 19.8 Å².